The van der Waals surface area contributed by atoms with Crippen molar-refractivity contribution in [2.24, 2.45) is 7.05 Å². The average molecular weight is 449 g/mol. The van der Waals surface area contributed by atoms with Gasteiger partial charge in [-0.25, -0.2) is 4.98 Å². The number of anilines is 1. The molecular weight excluding hydrogens is 416 g/mol. The molecule has 2 aliphatic rings. The third-order valence-electron chi connectivity index (χ3n) is 6.59. The summed E-state index contributed by atoms with van der Waals surface area (Å²) in [6, 6.07) is 12.0. The summed E-state index contributed by atoms with van der Waals surface area (Å²) in [5.41, 5.74) is 3.45. The molecule has 174 valence electrons. The zero-order chi connectivity index (χ0) is 22.8. The fourth-order valence-corrected chi connectivity index (χ4v) is 4.49. The van der Waals surface area contributed by atoms with Crippen LogP contribution in [0.4, 0.5) is 5.95 Å². The number of benzene rings is 1. The zero-order valence-corrected chi connectivity index (χ0v) is 19.7. The Balaban J connectivity index is 1.47. The Morgan fingerprint density at radius 3 is 2.42 bits per heavy atom. The summed E-state index contributed by atoms with van der Waals surface area (Å²) >= 11 is 0. The van der Waals surface area contributed by atoms with E-state index < -0.39 is 0 Å². The number of nitrogens with zero attached hydrogens (tertiary/aromatic N) is 6. The fourth-order valence-electron chi connectivity index (χ4n) is 4.49. The first-order valence-electron chi connectivity index (χ1n) is 11.6. The minimum Gasteiger partial charge on any atom is -0.493 e. The minimum atomic E-state index is 0.634. The number of hydrogen-bond donors (Lipinski definition) is 0. The number of likely N-dealkylation sites (N-methyl/N-ethyl adjacent to an activating group) is 1. The number of methoxy groups -OCH3 is 1. The van der Waals surface area contributed by atoms with E-state index in [9.17, 15) is 0 Å². The van der Waals surface area contributed by atoms with Crippen LogP contribution in [0.1, 0.15) is 17.0 Å². The second kappa shape index (κ2) is 9.41. The molecular formula is C25H32N6O2. The summed E-state index contributed by atoms with van der Waals surface area (Å²) in [4.78, 5) is 17.0. The molecule has 1 aromatic carbocycles. The fraction of sp³-hybridized carbons (Fsp3) is 0.440. The van der Waals surface area contributed by atoms with Crippen molar-refractivity contribution >= 4 is 5.95 Å². The van der Waals surface area contributed by atoms with Gasteiger partial charge in [-0.3, -0.25) is 4.90 Å². The normalized spacial score (nSPS) is 17.1. The monoisotopic (exact) mass is 448 g/mol. The van der Waals surface area contributed by atoms with Crippen molar-refractivity contribution in [1.29, 1.82) is 0 Å². The van der Waals surface area contributed by atoms with Crippen molar-refractivity contribution in [1.82, 2.24) is 24.3 Å². The van der Waals surface area contributed by atoms with Gasteiger partial charge >= 0.3 is 0 Å². The number of rotatable bonds is 6. The molecule has 0 radical (unpaired) electrons. The molecule has 8 heteroatoms. The Bertz CT molecular complexity index is 1110. The lowest BCUT2D eigenvalue weighted by atomic mass is 10.1. The first-order valence-corrected chi connectivity index (χ1v) is 11.6. The second-order valence-corrected chi connectivity index (χ2v) is 8.87. The predicted octanol–water partition coefficient (Wildman–Crippen LogP) is 2.93. The molecule has 0 bridgehead atoms. The second-order valence-electron chi connectivity index (χ2n) is 8.87. The lowest BCUT2D eigenvalue weighted by Gasteiger charge is -2.34. The van der Waals surface area contributed by atoms with Crippen molar-refractivity contribution < 1.29 is 9.47 Å². The van der Waals surface area contributed by atoms with Crippen molar-refractivity contribution in [3.63, 3.8) is 0 Å². The number of fused-ring (bicyclic) bond motifs is 1. The summed E-state index contributed by atoms with van der Waals surface area (Å²) in [6.45, 7) is 6.46. The molecule has 0 N–H and O–H groups in total. The molecule has 1 saturated heterocycles. The Morgan fingerprint density at radius 1 is 0.909 bits per heavy atom. The van der Waals surface area contributed by atoms with Crippen molar-refractivity contribution in [3.8, 4) is 17.4 Å². The topological polar surface area (TPSA) is 58.9 Å². The number of hydrogen-bond acceptors (Lipinski definition) is 7. The van der Waals surface area contributed by atoms with Gasteiger partial charge in [0.25, 0.3) is 0 Å². The van der Waals surface area contributed by atoms with Crippen molar-refractivity contribution in [2.75, 3.05) is 51.8 Å². The highest BCUT2D eigenvalue weighted by molar-refractivity contribution is 5.47. The molecule has 0 spiro atoms. The van der Waals surface area contributed by atoms with Gasteiger partial charge in [0, 0.05) is 71.2 Å². The van der Waals surface area contributed by atoms with Gasteiger partial charge in [0.1, 0.15) is 0 Å². The maximum Gasteiger partial charge on any atom is 0.229 e. The zero-order valence-electron chi connectivity index (χ0n) is 19.7. The lowest BCUT2D eigenvalue weighted by Crippen LogP contribution is -2.45. The first-order chi connectivity index (χ1) is 16.1. The van der Waals surface area contributed by atoms with Crippen LogP contribution in [0.2, 0.25) is 0 Å². The van der Waals surface area contributed by atoms with Crippen LogP contribution in [0.15, 0.2) is 42.6 Å². The number of ether oxygens (including phenoxy) is 2. The molecule has 1 fully saturated rings. The van der Waals surface area contributed by atoms with E-state index in [1.54, 1.807) is 7.11 Å². The van der Waals surface area contributed by atoms with Gasteiger partial charge in [0.2, 0.25) is 11.8 Å². The quantitative estimate of drug-likeness (QED) is 0.575. The van der Waals surface area contributed by atoms with Crippen LogP contribution in [0, 0.1) is 0 Å². The summed E-state index contributed by atoms with van der Waals surface area (Å²) < 4.78 is 14.1. The summed E-state index contributed by atoms with van der Waals surface area (Å²) in [7, 11) is 5.91. The molecule has 2 aliphatic heterocycles. The van der Waals surface area contributed by atoms with E-state index in [4.69, 9.17) is 19.4 Å². The summed E-state index contributed by atoms with van der Waals surface area (Å²) in [6.07, 6.45) is 2.97. The number of aromatic nitrogens is 3. The smallest absolute Gasteiger partial charge is 0.229 e. The summed E-state index contributed by atoms with van der Waals surface area (Å²) in [5.74, 6) is 2.77. The highest BCUT2D eigenvalue weighted by Crippen LogP contribution is 2.35. The van der Waals surface area contributed by atoms with Crippen LogP contribution < -0.4 is 14.4 Å². The van der Waals surface area contributed by atoms with E-state index in [1.807, 2.05) is 24.3 Å². The van der Waals surface area contributed by atoms with Crippen LogP contribution in [-0.4, -0.2) is 71.2 Å². The molecule has 3 aromatic rings. The van der Waals surface area contributed by atoms with Gasteiger partial charge in [-0.2, -0.15) is 4.98 Å². The maximum atomic E-state index is 6.41. The van der Waals surface area contributed by atoms with Gasteiger partial charge in [-0.05, 0) is 31.3 Å². The van der Waals surface area contributed by atoms with E-state index in [0.29, 0.717) is 17.4 Å². The molecule has 0 saturated carbocycles. The Labute approximate surface area is 195 Å². The number of aryl methyl sites for hydroxylation is 1. The predicted molar refractivity (Wildman–Crippen MR) is 128 cm³/mol. The third kappa shape index (κ3) is 4.67. The van der Waals surface area contributed by atoms with Gasteiger partial charge in [-0.15, -0.1) is 0 Å². The van der Waals surface area contributed by atoms with Gasteiger partial charge in [0.15, 0.2) is 11.5 Å². The van der Waals surface area contributed by atoms with Gasteiger partial charge in [-0.1, -0.05) is 12.1 Å². The number of piperazine rings is 1. The molecule has 8 nitrogen and oxygen atoms in total. The van der Waals surface area contributed by atoms with Crippen molar-refractivity contribution in [2.45, 2.75) is 19.5 Å². The van der Waals surface area contributed by atoms with E-state index in [0.717, 1.165) is 69.4 Å². The first kappa shape index (κ1) is 21.7. The standard InChI is InChI=1S/C25H32N6O2/c1-28-13-15-31(16-14-28)25-26-21-10-12-30(17-19-7-6-11-29(19)2)18-20(21)24(27-25)33-23-9-5-4-8-22(23)32-3/h4-9,11H,10,12-18H2,1-3H3. The lowest BCUT2D eigenvalue weighted by molar-refractivity contribution is 0.232. The molecule has 5 rings (SSSR count). The van der Waals surface area contributed by atoms with Crippen molar-refractivity contribution in [3.05, 3.63) is 59.5 Å². The van der Waals surface area contributed by atoms with Crippen LogP contribution in [0.25, 0.3) is 0 Å². The molecule has 0 atom stereocenters. The van der Waals surface area contributed by atoms with Crippen LogP contribution in [0.3, 0.4) is 0 Å². The largest absolute Gasteiger partial charge is 0.493 e. The minimum absolute atomic E-state index is 0.634. The SMILES string of the molecule is COc1ccccc1Oc1nc(N2CCN(C)CC2)nc2c1CN(Cc1cccn1C)CC2. The molecule has 4 heterocycles. The maximum absolute atomic E-state index is 6.41. The van der Waals surface area contributed by atoms with Gasteiger partial charge in [0.05, 0.1) is 18.4 Å². The third-order valence-corrected chi connectivity index (χ3v) is 6.59. The highest BCUT2D eigenvalue weighted by Gasteiger charge is 2.27. The molecule has 0 aliphatic carbocycles. The summed E-state index contributed by atoms with van der Waals surface area (Å²) in [5, 5.41) is 0. The Hall–Kier alpha value is -3.10. The highest BCUT2D eigenvalue weighted by atomic mass is 16.5. The van der Waals surface area contributed by atoms with E-state index in [1.165, 1.54) is 5.69 Å². The van der Waals surface area contributed by atoms with E-state index >= 15 is 0 Å². The van der Waals surface area contributed by atoms with E-state index in [2.05, 4.69) is 51.7 Å². The molecule has 33 heavy (non-hydrogen) atoms. The number of para-hydroxylation sites is 2. The Kier molecular flexibility index (Phi) is 6.20. The van der Waals surface area contributed by atoms with Crippen LogP contribution >= 0.6 is 0 Å². The Morgan fingerprint density at radius 2 is 1.70 bits per heavy atom. The average Bonchev–Trinajstić information content (AvgIpc) is 3.24. The molecule has 2 aromatic heterocycles. The van der Waals surface area contributed by atoms with Crippen LogP contribution in [0.5, 0.6) is 17.4 Å². The van der Waals surface area contributed by atoms with Gasteiger partial charge < -0.3 is 23.8 Å². The molecule has 0 unspecified atom stereocenters. The molecule has 0 amide bonds. The van der Waals surface area contributed by atoms with Crippen LogP contribution in [-0.2, 0) is 26.6 Å². The van der Waals surface area contributed by atoms with E-state index in [-0.39, 0.29) is 0 Å².